The fourth-order valence-corrected chi connectivity index (χ4v) is 5.60. The maximum Gasteiger partial charge on any atom is 0.407 e. The maximum atomic E-state index is 12.4. The Morgan fingerprint density at radius 3 is 2.41 bits per heavy atom. The number of urea groups is 1. The Morgan fingerprint density at radius 1 is 1.10 bits per heavy atom. The average Bonchev–Trinajstić information content (AvgIpc) is 2.88. The van der Waals surface area contributed by atoms with Gasteiger partial charge in [-0.25, -0.2) is 9.59 Å². The lowest BCUT2D eigenvalue weighted by Gasteiger charge is -2.40. The summed E-state index contributed by atoms with van der Waals surface area (Å²) in [5.41, 5.74) is 0.729. The Labute approximate surface area is 230 Å². The highest BCUT2D eigenvalue weighted by molar-refractivity contribution is 6.06. The first-order chi connectivity index (χ1) is 18.5. The van der Waals surface area contributed by atoms with E-state index < -0.39 is 17.9 Å². The SMILES string of the molecule is COc1ccc(C(O)N2CCN(CC3CCC(NC(=O)OC(C)(C)C)CC3)CC2)cc1N1CCC(=O)NC1=O. The molecule has 0 aromatic heterocycles. The minimum atomic E-state index is -0.805. The third-order valence-electron chi connectivity index (χ3n) is 7.68. The fourth-order valence-electron chi connectivity index (χ4n) is 5.60. The molecule has 3 fully saturated rings. The smallest absolute Gasteiger partial charge is 0.407 e. The summed E-state index contributed by atoms with van der Waals surface area (Å²) in [6.07, 6.45) is 3.16. The van der Waals surface area contributed by atoms with E-state index in [1.165, 1.54) is 12.0 Å². The van der Waals surface area contributed by atoms with E-state index >= 15 is 0 Å². The molecule has 4 rings (SSSR count). The first kappa shape index (κ1) is 29.1. The van der Waals surface area contributed by atoms with E-state index in [1.807, 2.05) is 31.7 Å². The van der Waals surface area contributed by atoms with Crippen molar-refractivity contribution in [1.82, 2.24) is 20.4 Å². The largest absolute Gasteiger partial charge is 0.495 e. The van der Waals surface area contributed by atoms with Crippen LogP contribution in [0.4, 0.5) is 15.3 Å². The average molecular weight is 546 g/mol. The van der Waals surface area contributed by atoms with Crippen molar-refractivity contribution in [1.29, 1.82) is 0 Å². The molecule has 11 nitrogen and oxygen atoms in total. The molecular formula is C28H43N5O6. The molecule has 4 amide bonds. The van der Waals surface area contributed by atoms with Gasteiger partial charge < -0.3 is 24.8 Å². The second-order valence-corrected chi connectivity index (χ2v) is 11.8. The lowest BCUT2D eigenvalue weighted by atomic mass is 9.85. The van der Waals surface area contributed by atoms with Gasteiger partial charge in [0.25, 0.3) is 0 Å². The molecular weight excluding hydrogens is 502 g/mol. The number of nitrogens with zero attached hydrogens (tertiary/aromatic N) is 3. The Bertz CT molecular complexity index is 1030. The van der Waals surface area contributed by atoms with Crippen LogP contribution < -0.4 is 20.3 Å². The van der Waals surface area contributed by atoms with Crippen LogP contribution in [-0.4, -0.2) is 91.0 Å². The monoisotopic (exact) mass is 545 g/mol. The minimum absolute atomic E-state index is 0.175. The van der Waals surface area contributed by atoms with E-state index in [-0.39, 0.29) is 31.0 Å². The maximum absolute atomic E-state index is 12.4. The Morgan fingerprint density at radius 2 is 1.79 bits per heavy atom. The minimum Gasteiger partial charge on any atom is -0.495 e. The van der Waals surface area contributed by atoms with Gasteiger partial charge in [0.15, 0.2) is 0 Å². The van der Waals surface area contributed by atoms with E-state index in [0.29, 0.717) is 22.9 Å². The molecule has 1 aromatic carbocycles. The number of ether oxygens (including phenoxy) is 2. The van der Waals surface area contributed by atoms with Gasteiger partial charge in [-0.15, -0.1) is 0 Å². The second-order valence-electron chi connectivity index (χ2n) is 11.8. The normalized spacial score (nSPS) is 24.2. The summed E-state index contributed by atoms with van der Waals surface area (Å²) in [4.78, 5) is 42.0. The van der Waals surface area contributed by atoms with Gasteiger partial charge in [0.1, 0.15) is 17.6 Å². The van der Waals surface area contributed by atoms with Crippen LogP contribution in [0.3, 0.4) is 0 Å². The van der Waals surface area contributed by atoms with Gasteiger partial charge in [-0.1, -0.05) is 6.07 Å². The van der Waals surface area contributed by atoms with Crippen LogP contribution in [0.25, 0.3) is 0 Å². The molecule has 1 saturated carbocycles. The lowest BCUT2D eigenvalue weighted by molar-refractivity contribution is -0.120. The van der Waals surface area contributed by atoms with Crippen LogP contribution in [0, 0.1) is 5.92 Å². The van der Waals surface area contributed by atoms with Crippen LogP contribution in [-0.2, 0) is 9.53 Å². The number of methoxy groups -OCH3 is 1. The number of rotatable bonds is 7. The molecule has 1 unspecified atom stereocenters. The van der Waals surface area contributed by atoms with Crippen LogP contribution in [0.1, 0.15) is 64.7 Å². The number of nitrogens with one attached hydrogen (secondary N) is 2. The van der Waals surface area contributed by atoms with Gasteiger partial charge in [-0.2, -0.15) is 0 Å². The zero-order valence-corrected chi connectivity index (χ0v) is 23.6. The van der Waals surface area contributed by atoms with Gasteiger partial charge in [-0.3, -0.25) is 19.9 Å². The molecule has 0 spiro atoms. The predicted molar refractivity (Wildman–Crippen MR) is 147 cm³/mol. The number of carbonyl (C=O) groups is 3. The molecule has 2 heterocycles. The highest BCUT2D eigenvalue weighted by Crippen LogP contribution is 2.34. The zero-order chi connectivity index (χ0) is 28.2. The number of carbonyl (C=O) groups excluding carboxylic acids is 3. The molecule has 1 atom stereocenters. The van der Waals surface area contributed by atoms with Crippen molar-refractivity contribution in [3.05, 3.63) is 23.8 Å². The summed E-state index contributed by atoms with van der Waals surface area (Å²) in [6, 6.07) is 5.03. The van der Waals surface area contributed by atoms with Crippen molar-refractivity contribution < 1.29 is 29.0 Å². The van der Waals surface area contributed by atoms with Crippen LogP contribution in [0.2, 0.25) is 0 Å². The van der Waals surface area contributed by atoms with Gasteiger partial charge in [0.2, 0.25) is 5.91 Å². The van der Waals surface area contributed by atoms with Gasteiger partial charge >= 0.3 is 12.1 Å². The molecule has 216 valence electrons. The van der Waals surface area contributed by atoms with E-state index in [4.69, 9.17) is 9.47 Å². The highest BCUT2D eigenvalue weighted by Gasteiger charge is 2.30. The fraction of sp³-hybridized carbons (Fsp3) is 0.679. The number of aliphatic hydroxyl groups excluding tert-OH is 1. The summed E-state index contributed by atoms with van der Waals surface area (Å²) >= 11 is 0. The van der Waals surface area contributed by atoms with Crippen molar-refractivity contribution in [2.24, 2.45) is 5.92 Å². The molecule has 3 aliphatic rings. The van der Waals surface area contributed by atoms with Crippen LogP contribution >= 0.6 is 0 Å². The number of benzene rings is 1. The number of hydrogen-bond donors (Lipinski definition) is 3. The number of imide groups is 1. The Balaban J connectivity index is 1.25. The molecule has 2 aliphatic heterocycles. The number of alkyl carbamates (subject to hydrolysis) is 1. The topological polar surface area (TPSA) is 124 Å². The molecule has 1 aromatic rings. The molecule has 0 bridgehead atoms. The first-order valence-electron chi connectivity index (χ1n) is 14.0. The number of hydrogen-bond acceptors (Lipinski definition) is 8. The van der Waals surface area contributed by atoms with Gasteiger partial charge in [0.05, 0.1) is 12.8 Å². The number of anilines is 1. The summed E-state index contributed by atoms with van der Waals surface area (Å²) in [6.45, 7) is 10.1. The summed E-state index contributed by atoms with van der Waals surface area (Å²) in [7, 11) is 1.53. The van der Waals surface area contributed by atoms with E-state index in [2.05, 4.69) is 15.5 Å². The van der Waals surface area contributed by atoms with Gasteiger partial charge in [-0.05, 0) is 70.1 Å². The van der Waals surface area contributed by atoms with Crippen LogP contribution in [0.15, 0.2) is 18.2 Å². The van der Waals surface area contributed by atoms with Crippen molar-refractivity contribution >= 4 is 23.7 Å². The van der Waals surface area contributed by atoms with Crippen molar-refractivity contribution in [3.8, 4) is 5.75 Å². The highest BCUT2D eigenvalue weighted by atomic mass is 16.6. The van der Waals surface area contributed by atoms with Crippen LogP contribution in [0.5, 0.6) is 5.75 Å². The lowest BCUT2D eigenvalue weighted by Crippen LogP contribution is -2.50. The summed E-state index contributed by atoms with van der Waals surface area (Å²) < 4.78 is 10.8. The molecule has 0 radical (unpaired) electrons. The van der Waals surface area contributed by atoms with E-state index in [0.717, 1.165) is 58.4 Å². The van der Waals surface area contributed by atoms with Crippen molar-refractivity contribution in [2.75, 3.05) is 51.3 Å². The zero-order valence-electron chi connectivity index (χ0n) is 23.6. The van der Waals surface area contributed by atoms with E-state index in [1.54, 1.807) is 12.1 Å². The van der Waals surface area contributed by atoms with Crippen molar-refractivity contribution in [2.45, 2.75) is 70.7 Å². The summed E-state index contributed by atoms with van der Waals surface area (Å²) in [5.74, 6) is 0.816. The van der Waals surface area contributed by atoms with Gasteiger partial charge in [0, 0.05) is 51.7 Å². The third kappa shape index (κ3) is 7.83. The second kappa shape index (κ2) is 12.5. The number of aliphatic hydroxyl groups is 1. The predicted octanol–water partition coefficient (Wildman–Crippen LogP) is 2.83. The molecule has 11 heteroatoms. The Hall–Kier alpha value is -2.89. The standard InChI is InChI=1S/C28H43N5O6/c1-28(2,3)39-27(37)29-21-8-5-19(6-9-21)18-31-13-15-32(16-14-31)25(35)20-7-10-23(38-4)22(17-20)33-12-11-24(34)30-26(33)36/h7,10,17,19,21,25,35H,5-6,8-9,11-16,18H2,1-4H3,(H,29,37)(H,30,34,36). The first-order valence-corrected chi connectivity index (χ1v) is 14.0. The molecule has 39 heavy (non-hydrogen) atoms. The quantitative estimate of drug-likeness (QED) is 0.478. The van der Waals surface area contributed by atoms with E-state index in [9.17, 15) is 19.5 Å². The Kier molecular flexibility index (Phi) is 9.35. The molecule has 3 N–H and O–H groups in total. The molecule has 1 aliphatic carbocycles. The number of amides is 4. The van der Waals surface area contributed by atoms with Crippen molar-refractivity contribution in [3.63, 3.8) is 0 Å². The summed E-state index contributed by atoms with van der Waals surface area (Å²) in [5, 5.41) is 16.5. The third-order valence-corrected chi connectivity index (χ3v) is 7.68. The molecule has 2 saturated heterocycles. The number of piperazine rings is 1.